The van der Waals surface area contributed by atoms with Crippen molar-refractivity contribution in [2.45, 2.75) is 99.7 Å². The minimum Gasteiger partial charge on any atom is -0.0638 e. The van der Waals surface area contributed by atoms with Crippen LogP contribution in [-0.2, 0) is 0 Å². The second-order valence-electron chi connectivity index (χ2n) is 6.33. The Balaban J connectivity index is 4.52. The highest BCUT2D eigenvalue weighted by Crippen LogP contribution is 2.34. The molecule has 0 saturated carbocycles. The van der Waals surface area contributed by atoms with Crippen molar-refractivity contribution in [3.8, 4) is 0 Å². The van der Waals surface area contributed by atoms with Gasteiger partial charge in [0.15, 0.2) is 0 Å². The lowest BCUT2D eigenvalue weighted by Crippen LogP contribution is -2.33. The Labute approximate surface area is 148 Å². The first-order chi connectivity index (χ1) is 10.2. The van der Waals surface area contributed by atoms with Crippen LogP contribution in [0.15, 0.2) is 0 Å². The molecule has 0 bridgehead atoms. The van der Waals surface area contributed by atoms with Gasteiger partial charge in [0.25, 0.3) is 0 Å². The molecule has 0 fully saturated rings. The fourth-order valence-corrected chi connectivity index (χ4v) is 9.75. The van der Waals surface area contributed by atoms with Gasteiger partial charge in [0, 0.05) is 41.0 Å². The summed E-state index contributed by atoms with van der Waals surface area (Å²) in [7, 11) is 13.6. The van der Waals surface area contributed by atoms with Crippen LogP contribution in [0.1, 0.15) is 51.4 Å². The molecule has 0 unspecified atom stereocenters. The first-order valence-corrected chi connectivity index (χ1v) is 14.5. The summed E-state index contributed by atoms with van der Waals surface area (Å²) in [4.78, 5) is 0. The average molecular weight is 365 g/mol. The summed E-state index contributed by atoms with van der Waals surface area (Å²) in [5, 5.41) is 0. The van der Waals surface area contributed by atoms with Gasteiger partial charge in [-0.05, 0) is 0 Å². The number of hydrogen-bond acceptors (Lipinski definition) is 0. The SMILES string of the molecule is [Si]CCCC[Si](CCCC[Si])(CCCC[Si])CCCC[Si]. The van der Waals surface area contributed by atoms with Crippen molar-refractivity contribution < 1.29 is 0 Å². The fourth-order valence-electron chi connectivity index (χ4n) is 3.25. The lowest BCUT2D eigenvalue weighted by atomic mass is 10.4. The summed E-state index contributed by atoms with van der Waals surface area (Å²) in [6, 6.07) is 11.0. The van der Waals surface area contributed by atoms with Gasteiger partial charge < -0.3 is 0 Å². The molecule has 0 aromatic rings. The van der Waals surface area contributed by atoms with Crippen LogP contribution >= 0.6 is 0 Å². The predicted octanol–water partition coefficient (Wildman–Crippen LogP) is 4.90. The Morgan fingerprint density at radius 1 is 0.381 bits per heavy atom. The van der Waals surface area contributed by atoms with E-state index in [1.54, 1.807) is 24.2 Å². The molecule has 21 heavy (non-hydrogen) atoms. The Kier molecular flexibility index (Phi) is 16.8. The van der Waals surface area contributed by atoms with Crippen LogP contribution in [-0.4, -0.2) is 49.0 Å². The van der Waals surface area contributed by atoms with E-state index >= 15 is 0 Å². The maximum absolute atomic E-state index is 3.65. The Morgan fingerprint density at radius 2 is 0.619 bits per heavy atom. The molecule has 0 atom stereocenters. The molecule has 116 valence electrons. The molecule has 0 nitrogen and oxygen atoms in total. The zero-order valence-corrected chi connectivity index (χ0v) is 18.8. The molecular weight excluding hydrogens is 333 g/mol. The zero-order chi connectivity index (χ0) is 15.8. The molecule has 0 amide bonds. The average Bonchev–Trinajstić information content (AvgIpc) is 2.48. The van der Waals surface area contributed by atoms with Crippen molar-refractivity contribution in [2.24, 2.45) is 0 Å². The maximum atomic E-state index is 3.65. The smallest absolute Gasteiger partial charge is 0.0535 e. The van der Waals surface area contributed by atoms with Crippen LogP contribution in [0.4, 0.5) is 0 Å². The van der Waals surface area contributed by atoms with Crippen LogP contribution in [0, 0.1) is 0 Å². The highest BCUT2D eigenvalue weighted by Gasteiger charge is 2.30. The summed E-state index contributed by atoms with van der Waals surface area (Å²) >= 11 is 0. The first-order valence-electron chi connectivity index (χ1n) is 8.83. The summed E-state index contributed by atoms with van der Waals surface area (Å²) < 4.78 is 0. The highest BCUT2D eigenvalue weighted by atomic mass is 28.3. The Morgan fingerprint density at radius 3 is 0.810 bits per heavy atom. The zero-order valence-electron chi connectivity index (χ0n) is 13.8. The third kappa shape index (κ3) is 12.2. The molecule has 0 aromatic heterocycles. The minimum absolute atomic E-state index is 1.03. The van der Waals surface area contributed by atoms with Crippen molar-refractivity contribution in [2.75, 3.05) is 0 Å². The molecule has 0 aliphatic carbocycles. The topological polar surface area (TPSA) is 0 Å². The molecule has 5 heteroatoms. The quantitative estimate of drug-likeness (QED) is 0.270. The van der Waals surface area contributed by atoms with E-state index in [0.29, 0.717) is 0 Å². The van der Waals surface area contributed by atoms with Crippen LogP contribution in [0.25, 0.3) is 0 Å². The van der Waals surface area contributed by atoms with Crippen LogP contribution < -0.4 is 0 Å². The largest absolute Gasteiger partial charge is 0.0638 e. The van der Waals surface area contributed by atoms with Gasteiger partial charge in [0.2, 0.25) is 0 Å². The van der Waals surface area contributed by atoms with Crippen LogP contribution in [0.2, 0.25) is 48.4 Å². The van der Waals surface area contributed by atoms with E-state index < -0.39 is 8.07 Å². The second-order valence-corrected chi connectivity index (χ2v) is 13.3. The van der Waals surface area contributed by atoms with E-state index in [1.165, 1.54) is 75.5 Å². The van der Waals surface area contributed by atoms with Gasteiger partial charge in [0.1, 0.15) is 0 Å². The van der Waals surface area contributed by atoms with Crippen LogP contribution in [0.3, 0.4) is 0 Å². The summed E-state index contributed by atoms with van der Waals surface area (Å²) in [5.41, 5.74) is 0. The van der Waals surface area contributed by atoms with Crippen molar-refractivity contribution >= 4 is 49.0 Å². The predicted molar refractivity (Wildman–Crippen MR) is 104 cm³/mol. The van der Waals surface area contributed by atoms with Crippen molar-refractivity contribution in [3.05, 3.63) is 0 Å². The third-order valence-corrected chi connectivity index (χ3v) is 11.6. The third-order valence-electron chi connectivity index (χ3n) is 4.54. The highest BCUT2D eigenvalue weighted by molar-refractivity contribution is 6.79. The molecule has 0 aliphatic heterocycles. The lowest BCUT2D eigenvalue weighted by Gasteiger charge is -2.33. The molecular formula is C16H32Si5. The van der Waals surface area contributed by atoms with E-state index in [2.05, 4.69) is 41.0 Å². The molecule has 0 aliphatic rings. The molecule has 0 aromatic carbocycles. The Hall–Kier alpha value is 1.08. The molecule has 0 rings (SSSR count). The maximum Gasteiger partial charge on any atom is 0.0535 e. The van der Waals surface area contributed by atoms with Crippen molar-refractivity contribution in [1.29, 1.82) is 0 Å². The van der Waals surface area contributed by atoms with Crippen LogP contribution in [0.5, 0.6) is 0 Å². The standard InChI is InChI=1S/C16H32Si5/c17-9-1-5-13-21(14-6-2-10-18,15-7-3-11-19)16-8-4-12-20/h1-16H2. The van der Waals surface area contributed by atoms with Gasteiger partial charge in [0.05, 0.1) is 8.07 Å². The second kappa shape index (κ2) is 16.0. The first kappa shape index (κ1) is 22.1. The molecule has 0 spiro atoms. The fraction of sp³-hybridized carbons (Fsp3) is 1.00. The van der Waals surface area contributed by atoms with Crippen molar-refractivity contribution in [1.82, 2.24) is 0 Å². The van der Waals surface area contributed by atoms with Gasteiger partial charge >= 0.3 is 0 Å². The van der Waals surface area contributed by atoms with Gasteiger partial charge in [-0.25, -0.2) is 0 Å². The van der Waals surface area contributed by atoms with Gasteiger partial charge in [-0.3, -0.25) is 0 Å². The number of unbranched alkanes of at least 4 members (excludes halogenated alkanes) is 4. The van der Waals surface area contributed by atoms with Gasteiger partial charge in [-0.15, -0.1) is 0 Å². The van der Waals surface area contributed by atoms with Gasteiger partial charge in [-0.1, -0.05) is 99.7 Å². The van der Waals surface area contributed by atoms with Gasteiger partial charge in [-0.2, -0.15) is 0 Å². The molecule has 0 heterocycles. The molecule has 0 saturated heterocycles. The number of hydrogen-bond donors (Lipinski definition) is 0. The Bertz CT molecular complexity index is 165. The van der Waals surface area contributed by atoms with E-state index in [0.717, 1.165) is 0 Å². The van der Waals surface area contributed by atoms with E-state index in [4.69, 9.17) is 0 Å². The normalized spacial score (nSPS) is 12.0. The van der Waals surface area contributed by atoms with Crippen molar-refractivity contribution in [3.63, 3.8) is 0 Å². The summed E-state index contributed by atoms with van der Waals surface area (Å²) in [6.07, 6.45) is 11.2. The monoisotopic (exact) mass is 364 g/mol. The number of rotatable bonds is 16. The molecule has 0 N–H and O–H groups in total. The summed E-state index contributed by atoms with van der Waals surface area (Å²) in [5.74, 6) is 0. The summed E-state index contributed by atoms with van der Waals surface area (Å²) in [6.45, 7) is 0. The minimum atomic E-state index is -1.03. The van der Waals surface area contributed by atoms with E-state index in [9.17, 15) is 0 Å². The molecule has 12 radical (unpaired) electrons. The lowest BCUT2D eigenvalue weighted by molar-refractivity contribution is 0.762. The van der Waals surface area contributed by atoms with E-state index in [-0.39, 0.29) is 0 Å². The van der Waals surface area contributed by atoms with E-state index in [1.807, 2.05) is 0 Å².